The molecule has 2 fully saturated rings. The molecule has 2 aliphatic rings. The Morgan fingerprint density at radius 2 is 1.75 bits per heavy atom. The highest BCUT2D eigenvalue weighted by Crippen LogP contribution is 2.46. The number of alkyl carbamates (subject to hydrolysis) is 1. The van der Waals surface area contributed by atoms with Crippen molar-refractivity contribution < 1.29 is 46.5 Å². The zero-order valence-corrected chi connectivity index (χ0v) is 18.3. The molecule has 1 unspecified atom stereocenters. The highest BCUT2D eigenvalue weighted by Gasteiger charge is 2.72. The number of carbonyl (C=O) groups excluding carboxylic acids is 4. The number of hydrogen-bond acceptors (Lipinski definition) is 10. The predicted molar refractivity (Wildman–Crippen MR) is 105 cm³/mol. The first-order chi connectivity index (χ1) is 15.0. The van der Waals surface area contributed by atoms with Gasteiger partial charge in [0.15, 0.2) is 15.2 Å². The Kier molecular flexibility index (Phi) is 6.30. The van der Waals surface area contributed by atoms with Crippen LogP contribution in [0.25, 0.3) is 0 Å². The van der Waals surface area contributed by atoms with Crippen molar-refractivity contribution in [3.63, 3.8) is 0 Å². The number of hydrogen-bond donors (Lipinski definition) is 1. The lowest BCUT2D eigenvalue weighted by molar-refractivity contribution is -0.169. The van der Waals surface area contributed by atoms with Gasteiger partial charge in [-0.1, -0.05) is 30.3 Å². The maximum absolute atomic E-state index is 13.0. The number of nitrogens with one attached hydrogen (secondary N) is 1. The van der Waals surface area contributed by atoms with Gasteiger partial charge in [0, 0.05) is 0 Å². The SMILES string of the molecule is COC(=O)OCOC(=O)[C@@H]1N2C(=O)C(NC(=O)OCc3ccccc3)[C@H]2S(=O)(=O)C1(C)C. The van der Waals surface area contributed by atoms with Crippen LogP contribution >= 0.6 is 0 Å². The smallest absolute Gasteiger partial charge is 0.445 e. The van der Waals surface area contributed by atoms with Crippen LogP contribution in [0.5, 0.6) is 0 Å². The number of sulfone groups is 1. The van der Waals surface area contributed by atoms with Crippen LogP contribution in [0.4, 0.5) is 9.59 Å². The van der Waals surface area contributed by atoms with Gasteiger partial charge in [-0.05, 0) is 19.4 Å². The second-order valence-electron chi connectivity index (χ2n) is 7.55. The monoisotopic (exact) mass is 470 g/mol. The molecule has 0 aromatic heterocycles. The molecule has 2 heterocycles. The fourth-order valence-electron chi connectivity index (χ4n) is 3.59. The Labute approximate surface area is 183 Å². The molecule has 2 aliphatic heterocycles. The Balaban J connectivity index is 1.68. The minimum atomic E-state index is -4.10. The number of esters is 1. The van der Waals surface area contributed by atoms with Crippen molar-refractivity contribution in [1.29, 1.82) is 0 Å². The van der Waals surface area contributed by atoms with Gasteiger partial charge in [0.05, 0.1) is 7.11 Å². The molecule has 0 bridgehead atoms. The minimum Gasteiger partial charge on any atom is -0.445 e. The van der Waals surface area contributed by atoms with E-state index >= 15 is 0 Å². The Morgan fingerprint density at radius 3 is 2.38 bits per heavy atom. The third-order valence-electron chi connectivity index (χ3n) is 5.32. The summed E-state index contributed by atoms with van der Waals surface area (Å²) in [6.07, 6.45) is -2.08. The number of β-lactam (4-membered cyclic amide) rings is 1. The summed E-state index contributed by atoms with van der Waals surface area (Å²) >= 11 is 0. The summed E-state index contributed by atoms with van der Waals surface area (Å²) in [6, 6.07) is 5.86. The van der Waals surface area contributed by atoms with Gasteiger partial charge >= 0.3 is 18.2 Å². The summed E-state index contributed by atoms with van der Waals surface area (Å²) in [4.78, 5) is 49.1. The highest BCUT2D eigenvalue weighted by atomic mass is 32.2. The number of fused-ring (bicyclic) bond motifs is 1. The number of methoxy groups -OCH3 is 1. The van der Waals surface area contributed by atoms with E-state index in [1.165, 1.54) is 13.8 Å². The molecule has 0 aliphatic carbocycles. The lowest BCUT2D eigenvalue weighted by atomic mass is 9.96. The highest BCUT2D eigenvalue weighted by molar-refractivity contribution is 7.94. The number of amides is 2. The zero-order valence-electron chi connectivity index (χ0n) is 17.5. The summed E-state index contributed by atoms with van der Waals surface area (Å²) in [5.41, 5.74) is 0.704. The van der Waals surface area contributed by atoms with E-state index in [2.05, 4.69) is 14.8 Å². The second kappa shape index (κ2) is 8.65. The van der Waals surface area contributed by atoms with Crippen molar-refractivity contribution in [2.45, 2.75) is 42.7 Å². The average Bonchev–Trinajstić information content (AvgIpc) is 2.90. The van der Waals surface area contributed by atoms with Gasteiger partial charge in [0.2, 0.25) is 12.7 Å². The fraction of sp³-hybridized carbons (Fsp3) is 0.474. The van der Waals surface area contributed by atoms with E-state index in [9.17, 15) is 27.6 Å². The third-order valence-corrected chi connectivity index (χ3v) is 8.15. The molecule has 3 atom stereocenters. The van der Waals surface area contributed by atoms with Crippen LogP contribution in [-0.4, -0.2) is 73.6 Å². The maximum Gasteiger partial charge on any atom is 0.510 e. The van der Waals surface area contributed by atoms with Gasteiger partial charge in [-0.2, -0.15) is 0 Å². The molecule has 12 nitrogen and oxygen atoms in total. The molecule has 32 heavy (non-hydrogen) atoms. The zero-order chi connectivity index (χ0) is 23.7. The third kappa shape index (κ3) is 3.95. The maximum atomic E-state index is 13.0. The van der Waals surface area contributed by atoms with Crippen molar-refractivity contribution in [3.05, 3.63) is 35.9 Å². The Bertz CT molecular complexity index is 1020. The van der Waals surface area contributed by atoms with Gasteiger partial charge in [0.1, 0.15) is 23.4 Å². The first-order valence-corrected chi connectivity index (χ1v) is 11.0. The van der Waals surface area contributed by atoms with Gasteiger partial charge in [-0.15, -0.1) is 0 Å². The molecule has 0 saturated carbocycles. The van der Waals surface area contributed by atoms with E-state index < -0.39 is 63.0 Å². The Hall–Kier alpha value is -3.35. The van der Waals surface area contributed by atoms with Crippen LogP contribution in [0.1, 0.15) is 19.4 Å². The van der Waals surface area contributed by atoms with Crippen molar-refractivity contribution in [2.75, 3.05) is 13.9 Å². The van der Waals surface area contributed by atoms with Crippen LogP contribution < -0.4 is 5.32 Å². The normalized spacial score (nSPS) is 24.5. The summed E-state index contributed by atoms with van der Waals surface area (Å²) in [7, 11) is -3.05. The van der Waals surface area contributed by atoms with Crippen molar-refractivity contribution >= 4 is 34.0 Å². The quantitative estimate of drug-likeness (QED) is 0.266. The van der Waals surface area contributed by atoms with E-state index in [-0.39, 0.29) is 6.61 Å². The van der Waals surface area contributed by atoms with E-state index in [0.717, 1.165) is 12.0 Å². The molecule has 2 saturated heterocycles. The summed E-state index contributed by atoms with van der Waals surface area (Å²) in [5, 5.41) is 0.792. The van der Waals surface area contributed by atoms with Crippen molar-refractivity contribution in [1.82, 2.24) is 10.2 Å². The second-order valence-corrected chi connectivity index (χ2v) is 10.2. The Morgan fingerprint density at radius 1 is 1.09 bits per heavy atom. The minimum absolute atomic E-state index is 0.0741. The molecular weight excluding hydrogens is 448 g/mol. The van der Waals surface area contributed by atoms with E-state index in [1.807, 2.05) is 0 Å². The number of benzene rings is 1. The van der Waals surface area contributed by atoms with E-state index in [1.54, 1.807) is 30.3 Å². The van der Waals surface area contributed by atoms with Gasteiger partial charge in [-0.25, -0.2) is 22.8 Å². The van der Waals surface area contributed by atoms with Crippen LogP contribution in [0.15, 0.2) is 30.3 Å². The van der Waals surface area contributed by atoms with Gasteiger partial charge in [0.25, 0.3) is 0 Å². The van der Waals surface area contributed by atoms with Gasteiger partial charge in [-0.3, -0.25) is 4.79 Å². The fourth-order valence-corrected chi connectivity index (χ4v) is 5.80. The van der Waals surface area contributed by atoms with Crippen LogP contribution in [0.2, 0.25) is 0 Å². The van der Waals surface area contributed by atoms with Crippen molar-refractivity contribution in [2.24, 2.45) is 0 Å². The lowest BCUT2D eigenvalue weighted by Gasteiger charge is -2.42. The lowest BCUT2D eigenvalue weighted by Crippen LogP contribution is -2.72. The first kappa shape index (κ1) is 23.3. The largest absolute Gasteiger partial charge is 0.510 e. The molecule has 1 aromatic rings. The number of carbonyl (C=O) groups is 4. The molecule has 2 amide bonds. The van der Waals surface area contributed by atoms with Crippen LogP contribution in [0, 0.1) is 0 Å². The van der Waals surface area contributed by atoms with Gasteiger partial charge < -0.3 is 29.2 Å². The molecule has 1 aromatic carbocycles. The molecule has 0 spiro atoms. The van der Waals surface area contributed by atoms with Crippen LogP contribution in [-0.2, 0) is 45.0 Å². The molecule has 3 rings (SSSR count). The first-order valence-electron chi connectivity index (χ1n) is 9.42. The van der Waals surface area contributed by atoms with Crippen molar-refractivity contribution in [3.8, 4) is 0 Å². The van der Waals surface area contributed by atoms with Crippen LogP contribution in [0.3, 0.4) is 0 Å². The van der Waals surface area contributed by atoms with E-state index in [4.69, 9.17) is 9.47 Å². The molecule has 174 valence electrons. The molecule has 1 N–H and O–H groups in total. The average molecular weight is 470 g/mol. The van der Waals surface area contributed by atoms with E-state index in [0.29, 0.717) is 5.56 Å². The molecule has 0 radical (unpaired) electrons. The summed E-state index contributed by atoms with van der Waals surface area (Å²) < 4.78 is 42.9. The molecule has 13 heteroatoms. The predicted octanol–water partition coefficient (Wildman–Crippen LogP) is 0.309. The standard InChI is InChI=1S/C19H22N2O10S/c1-19(2)13(16(23)30-10-31-18(25)28-3)21-14(22)12(15(21)32(19,26)27)20-17(24)29-9-11-7-5-4-6-8-11/h4-8,12-13,15H,9-10H2,1-3H3,(H,20,24)/t12?,13-,15+/m0/s1. The number of ether oxygens (including phenoxy) is 4. The summed E-state index contributed by atoms with van der Waals surface area (Å²) in [6.45, 7) is 1.64. The molecular formula is C19H22N2O10S. The summed E-state index contributed by atoms with van der Waals surface area (Å²) in [5.74, 6) is -1.86. The number of rotatable bonds is 6. The topological polar surface area (TPSA) is 155 Å². The number of nitrogens with zero attached hydrogens (tertiary/aromatic N) is 1.